The van der Waals surface area contributed by atoms with Crippen LogP contribution in [0.4, 0.5) is 0 Å². The molecule has 2 aromatic carbocycles. The fraction of sp³-hybridized carbons (Fsp3) is 0.368. The molecule has 1 atom stereocenters. The minimum atomic E-state index is -1.10. The predicted octanol–water partition coefficient (Wildman–Crippen LogP) is 3.96. The van der Waals surface area contributed by atoms with Gasteiger partial charge in [0.1, 0.15) is 0 Å². The highest BCUT2D eigenvalue weighted by Gasteiger charge is 2.09. The molecule has 0 saturated heterocycles. The van der Waals surface area contributed by atoms with Crippen LogP contribution in [0.2, 0.25) is 0 Å². The molecule has 3 heteroatoms. The van der Waals surface area contributed by atoms with Gasteiger partial charge in [0.15, 0.2) is 0 Å². The van der Waals surface area contributed by atoms with E-state index in [2.05, 4.69) is 37.2 Å². The Morgan fingerprint density at radius 3 is 2.27 bits per heavy atom. The van der Waals surface area contributed by atoms with Gasteiger partial charge in [0, 0.05) is 9.79 Å². The molecule has 0 amide bonds. The van der Waals surface area contributed by atoms with Crippen molar-refractivity contribution >= 4 is 10.8 Å². The van der Waals surface area contributed by atoms with Crippen molar-refractivity contribution in [2.24, 2.45) is 0 Å². The van der Waals surface area contributed by atoms with Crippen molar-refractivity contribution in [3.8, 4) is 0 Å². The molecule has 2 aromatic rings. The van der Waals surface area contributed by atoms with E-state index in [4.69, 9.17) is 0 Å². The summed E-state index contributed by atoms with van der Waals surface area (Å²) in [6.45, 7) is 5.17. The van der Waals surface area contributed by atoms with Crippen LogP contribution < -0.4 is 0 Å². The smallest absolute Gasteiger partial charge is 0.0849 e. The van der Waals surface area contributed by atoms with Crippen molar-refractivity contribution in [3.63, 3.8) is 0 Å². The maximum atomic E-state index is 12.8. The van der Waals surface area contributed by atoms with Crippen LogP contribution in [0.25, 0.3) is 0 Å². The van der Waals surface area contributed by atoms with Crippen LogP contribution in [0.3, 0.4) is 0 Å². The predicted molar refractivity (Wildman–Crippen MR) is 93.9 cm³/mol. The highest BCUT2D eigenvalue weighted by atomic mass is 32.2. The second kappa shape index (κ2) is 7.70. The van der Waals surface area contributed by atoms with E-state index in [1.54, 1.807) is 0 Å². The quantitative estimate of drug-likeness (QED) is 0.804. The van der Waals surface area contributed by atoms with Crippen LogP contribution in [0.1, 0.15) is 23.1 Å². The molecule has 0 N–H and O–H groups in total. The molecule has 0 fully saturated rings. The Morgan fingerprint density at radius 2 is 1.64 bits per heavy atom. The van der Waals surface area contributed by atoms with Crippen LogP contribution in [-0.2, 0) is 17.2 Å². The maximum absolute atomic E-state index is 12.8. The van der Waals surface area contributed by atoms with Gasteiger partial charge in [-0.15, -0.1) is 0 Å². The Hall–Kier alpha value is -1.45. The zero-order chi connectivity index (χ0) is 16.1. The first-order valence-corrected chi connectivity index (χ1v) is 8.84. The molecule has 2 nitrogen and oxygen atoms in total. The third kappa shape index (κ3) is 4.79. The molecule has 1 unspecified atom stereocenters. The molecule has 0 saturated carbocycles. The zero-order valence-electron chi connectivity index (χ0n) is 13.9. The third-order valence-corrected chi connectivity index (χ3v) is 4.94. The lowest BCUT2D eigenvalue weighted by Crippen LogP contribution is -2.13. The zero-order valence-corrected chi connectivity index (χ0v) is 14.7. The largest absolute Gasteiger partial charge is 0.309 e. The van der Waals surface area contributed by atoms with Crippen molar-refractivity contribution in [1.82, 2.24) is 4.90 Å². The van der Waals surface area contributed by atoms with E-state index in [0.717, 1.165) is 40.3 Å². The van der Waals surface area contributed by atoms with Crippen molar-refractivity contribution in [3.05, 3.63) is 59.2 Å². The molecule has 118 valence electrons. The van der Waals surface area contributed by atoms with Crippen molar-refractivity contribution < 1.29 is 4.21 Å². The average molecular weight is 315 g/mol. The lowest BCUT2D eigenvalue weighted by molar-refractivity contribution is 0.400. The monoisotopic (exact) mass is 315 g/mol. The van der Waals surface area contributed by atoms with Crippen LogP contribution in [0, 0.1) is 13.8 Å². The van der Waals surface area contributed by atoms with Crippen molar-refractivity contribution in [2.75, 3.05) is 20.6 Å². The van der Waals surface area contributed by atoms with E-state index in [1.165, 1.54) is 5.56 Å². The Kier molecular flexibility index (Phi) is 5.92. The summed E-state index contributed by atoms with van der Waals surface area (Å²) in [4.78, 5) is 3.98. The number of hydrogen-bond donors (Lipinski definition) is 0. The van der Waals surface area contributed by atoms with Crippen LogP contribution in [0.5, 0.6) is 0 Å². The second-order valence-electron chi connectivity index (χ2n) is 6.15. The van der Waals surface area contributed by atoms with Gasteiger partial charge in [0.25, 0.3) is 0 Å². The Balaban J connectivity index is 2.16. The van der Waals surface area contributed by atoms with E-state index in [1.807, 2.05) is 38.1 Å². The SMILES string of the molecule is Cc1cc(C)cc(S(=O)c2cccc(CCCN(C)C)c2)c1. The van der Waals surface area contributed by atoms with Gasteiger partial charge in [-0.05, 0) is 88.3 Å². The maximum Gasteiger partial charge on any atom is 0.0849 e. The summed E-state index contributed by atoms with van der Waals surface area (Å²) >= 11 is 0. The summed E-state index contributed by atoms with van der Waals surface area (Å²) in [5.74, 6) is 0. The molecule has 0 spiro atoms. The van der Waals surface area contributed by atoms with E-state index in [0.29, 0.717) is 0 Å². The number of nitrogens with zero attached hydrogens (tertiary/aromatic N) is 1. The first-order valence-electron chi connectivity index (χ1n) is 7.69. The van der Waals surface area contributed by atoms with E-state index in [-0.39, 0.29) is 0 Å². The molecule has 0 aliphatic carbocycles. The second-order valence-corrected chi connectivity index (χ2v) is 7.63. The molecule has 0 aromatic heterocycles. The minimum Gasteiger partial charge on any atom is -0.309 e. The van der Waals surface area contributed by atoms with Crippen LogP contribution >= 0.6 is 0 Å². The summed E-state index contributed by atoms with van der Waals surface area (Å²) in [5.41, 5.74) is 3.58. The lowest BCUT2D eigenvalue weighted by atomic mass is 10.1. The highest BCUT2D eigenvalue weighted by Crippen LogP contribution is 2.20. The summed E-state index contributed by atoms with van der Waals surface area (Å²) in [6, 6.07) is 14.3. The summed E-state index contributed by atoms with van der Waals surface area (Å²) in [6.07, 6.45) is 2.14. The number of aryl methyl sites for hydroxylation is 3. The minimum absolute atomic E-state index is 0.892. The third-order valence-electron chi connectivity index (χ3n) is 3.59. The Morgan fingerprint density at radius 1 is 0.955 bits per heavy atom. The fourth-order valence-electron chi connectivity index (χ4n) is 2.59. The van der Waals surface area contributed by atoms with Gasteiger partial charge in [0.2, 0.25) is 0 Å². The van der Waals surface area contributed by atoms with E-state index < -0.39 is 10.8 Å². The van der Waals surface area contributed by atoms with Gasteiger partial charge in [-0.3, -0.25) is 0 Å². The first-order chi connectivity index (χ1) is 10.5. The van der Waals surface area contributed by atoms with Crippen molar-refractivity contribution in [1.29, 1.82) is 0 Å². The van der Waals surface area contributed by atoms with Gasteiger partial charge >= 0.3 is 0 Å². The molecule has 22 heavy (non-hydrogen) atoms. The van der Waals surface area contributed by atoms with Gasteiger partial charge in [-0.1, -0.05) is 18.2 Å². The highest BCUT2D eigenvalue weighted by molar-refractivity contribution is 7.85. The first kappa shape index (κ1) is 16.9. The lowest BCUT2D eigenvalue weighted by Gasteiger charge is -2.10. The summed E-state index contributed by atoms with van der Waals surface area (Å²) in [5, 5.41) is 0. The van der Waals surface area contributed by atoms with Crippen LogP contribution in [-0.4, -0.2) is 29.7 Å². The summed E-state index contributed by atoms with van der Waals surface area (Å²) in [7, 11) is 3.08. The Bertz CT molecular complexity index is 644. The molecular weight excluding hydrogens is 290 g/mol. The molecule has 0 aliphatic rings. The van der Waals surface area contributed by atoms with Crippen molar-refractivity contribution in [2.45, 2.75) is 36.5 Å². The average Bonchev–Trinajstić information content (AvgIpc) is 2.45. The molecule has 0 heterocycles. The molecule has 0 radical (unpaired) electrons. The fourth-order valence-corrected chi connectivity index (χ4v) is 3.91. The summed E-state index contributed by atoms with van der Waals surface area (Å²) < 4.78 is 12.8. The molecular formula is C19H25NOS. The standard InChI is InChI=1S/C19H25NOS/c1-15-11-16(2)13-19(12-15)22(21)18-9-5-7-17(14-18)8-6-10-20(3)4/h5,7,9,11-14H,6,8,10H2,1-4H3. The van der Waals surface area contributed by atoms with Gasteiger partial charge in [0.05, 0.1) is 10.8 Å². The Labute approximate surface area is 136 Å². The van der Waals surface area contributed by atoms with E-state index >= 15 is 0 Å². The number of hydrogen-bond acceptors (Lipinski definition) is 2. The normalized spacial score (nSPS) is 12.6. The number of benzene rings is 2. The van der Waals surface area contributed by atoms with Gasteiger partial charge < -0.3 is 4.90 Å². The van der Waals surface area contributed by atoms with Gasteiger partial charge in [-0.25, -0.2) is 4.21 Å². The topological polar surface area (TPSA) is 20.3 Å². The molecule has 2 rings (SSSR count). The molecule has 0 bridgehead atoms. The van der Waals surface area contributed by atoms with Crippen LogP contribution in [0.15, 0.2) is 52.3 Å². The molecule has 0 aliphatic heterocycles. The van der Waals surface area contributed by atoms with E-state index in [9.17, 15) is 4.21 Å². The van der Waals surface area contributed by atoms with Gasteiger partial charge in [-0.2, -0.15) is 0 Å². The number of rotatable bonds is 6.